The zero-order chi connectivity index (χ0) is 16.4. The van der Waals surface area contributed by atoms with Gasteiger partial charge in [-0.2, -0.15) is 0 Å². The van der Waals surface area contributed by atoms with E-state index in [2.05, 4.69) is 15.6 Å². The van der Waals surface area contributed by atoms with Gasteiger partial charge in [0.2, 0.25) is 5.91 Å². The predicted octanol–water partition coefficient (Wildman–Crippen LogP) is 2.48. The highest BCUT2D eigenvalue weighted by Gasteiger charge is 2.21. The fourth-order valence-electron chi connectivity index (χ4n) is 2.49. The molecule has 2 heterocycles. The van der Waals surface area contributed by atoms with Crippen LogP contribution in [0.5, 0.6) is 0 Å². The summed E-state index contributed by atoms with van der Waals surface area (Å²) in [5.41, 5.74) is 2.98. The Morgan fingerprint density at radius 2 is 2.00 bits per heavy atom. The van der Waals surface area contributed by atoms with Crippen molar-refractivity contribution in [3.63, 3.8) is 0 Å². The first-order valence-electron chi connectivity index (χ1n) is 7.31. The molecule has 2 aromatic heterocycles. The lowest BCUT2D eigenvalue weighted by atomic mass is 10.1. The minimum absolute atomic E-state index is 0.181. The number of likely N-dealkylation sites (N-methyl/N-ethyl adjacent to an activating group) is 1. The van der Waals surface area contributed by atoms with Gasteiger partial charge in [-0.15, -0.1) is 11.3 Å². The number of carbonyl (C=O) groups is 2. The molecule has 2 aromatic rings. The van der Waals surface area contributed by atoms with Crippen LogP contribution in [0, 0.1) is 20.8 Å². The van der Waals surface area contributed by atoms with Crippen LogP contribution in [0.4, 0.5) is 0 Å². The SMILES string of the molecule is CCNC(=O)C(C)NC(=O)c1sc2nc(C)cc(C)c2c1C. The van der Waals surface area contributed by atoms with Crippen LogP contribution in [0.1, 0.15) is 40.3 Å². The Bertz CT molecular complexity index is 737. The largest absolute Gasteiger partial charge is 0.355 e. The monoisotopic (exact) mass is 319 g/mol. The number of aryl methyl sites for hydroxylation is 3. The highest BCUT2D eigenvalue weighted by atomic mass is 32.1. The van der Waals surface area contributed by atoms with E-state index in [0.29, 0.717) is 11.4 Å². The van der Waals surface area contributed by atoms with Crippen molar-refractivity contribution < 1.29 is 9.59 Å². The first kappa shape index (κ1) is 16.4. The Morgan fingerprint density at radius 3 is 2.64 bits per heavy atom. The van der Waals surface area contributed by atoms with Crippen LogP contribution in [0.3, 0.4) is 0 Å². The zero-order valence-corrected chi connectivity index (χ0v) is 14.4. The molecule has 6 heteroatoms. The van der Waals surface area contributed by atoms with Gasteiger partial charge in [0.25, 0.3) is 5.91 Å². The third kappa shape index (κ3) is 3.11. The summed E-state index contributed by atoms with van der Waals surface area (Å²) in [6.45, 7) is 9.96. The molecule has 5 nitrogen and oxygen atoms in total. The number of hydrogen-bond donors (Lipinski definition) is 2. The average molecular weight is 319 g/mol. The van der Waals surface area contributed by atoms with Crippen LogP contribution in [0.15, 0.2) is 6.07 Å². The number of hydrogen-bond acceptors (Lipinski definition) is 4. The fraction of sp³-hybridized carbons (Fsp3) is 0.438. The molecule has 2 amide bonds. The third-order valence-electron chi connectivity index (χ3n) is 3.52. The lowest BCUT2D eigenvalue weighted by Gasteiger charge is -2.12. The van der Waals surface area contributed by atoms with Gasteiger partial charge in [0.1, 0.15) is 10.9 Å². The molecule has 0 saturated carbocycles. The Hall–Kier alpha value is -1.95. The predicted molar refractivity (Wildman–Crippen MR) is 89.4 cm³/mol. The molecule has 0 aromatic carbocycles. The van der Waals surface area contributed by atoms with E-state index < -0.39 is 6.04 Å². The Kier molecular flexibility index (Phi) is 4.81. The molecule has 0 bridgehead atoms. The van der Waals surface area contributed by atoms with Crippen LogP contribution >= 0.6 is 11.3 Å². The molecule has 1 atom stereocenters. The van der Waals surface area contributed by atoms with E-state index in [1.54, 1.807) is 6.92 Å². The highest BCUT2D eigenvalue weighted by Crippen LogP contribution is 2.32. The van der Waals surface area contributed by atoms with Crippen LogP contribution in [-0.4, -0.2) is 29.4 Å². The Morgan fingerprint density at radius 1 is 1.32 bits per heavy atom. The normalized spacial score (nSPS) is 12.2. The smallest absolute Gasteiger partial charge is 0.262 e. The van der Waals surface area contributed by atoms with E-state index in [1.165, 1.54) is 11.3 Å². The van der Waals surface area contributed by atoms with Gasteiger partial charge in [0, 0.05) is 17.6 Å². The minimum atomic E-state index is -0.562. The summed E-state index contributed by atoms with van der Waals surface area (Å²) in [6, 6.07) is 1.45. The molecular formula is C16H21N3O2S. The lowest BCUT2D eigenvalue weighted by Crippen LogP contribution is -2.44. The lowest BCUT2D eigenvalue weighted by molar-refractivity contribution is -0.122. The molecule has 0 aliphatic carbocycles. The highest BCUT2D eigenvalue weighted by molar-refractivity contribution is 7.20. The average Bonchev–Trinajstić information content (AvgIpc) is 2.76. The van der Waals surface area contributed by atoms with Gasteiger partial charge in [-0.25, -0.2) is 4.98 Å². The van der Waals surface area contributed by atoms with Gasteiger partial charge in [-0.3, -0.25) is 9.59 Å². The van der Waals surface area contributed by atoms with E-state index in [0.717, 1.165) is 27.0 Å². The first-order valence-corrected chi connectivity index (χ1v) is 8.12. The van der Waals surface area contributed by atoms with E-state index in [1.807, 2.05) is 33.8 Å². The van der Waals surface area contributed by atoms with Crippen molar-refractivity contribution in [2.75, 3.05) is 6.54 Å². The van der Waals surface area contributed by atoms with Crippen molar-refractivity contribution in [1.82, 2.24) is 15.6 Å². The summed E-state index contributed by atoms with van der Waals surface area (Å²) >= 11 is 1.37. The number of nitrogens with zero attached hydrogens (tertiary/aromatic N) is 1. The number of fused-ring (bicyclic) bond motifs is 1. The van der Waals surface area contributed by atoms with Crippen molar-refractivity contribution in [1.29, 1.82) is 0 Å². The Labute approximate surface area is 134 Å². The molecule has 0 fully saturated rings. The number of rotatable bonds is 4. The topological polar surface area (TPSA) is 71.1 Å². The van der Waals surface area contributed by atoms with Gasteiger partial charge in [-0.1, -0.05) is 0 Å². The van der Waals surface area contributed by atoms with Gasteiger partial charge >= 0.3 is 0 Å². The molecule has 2 N–H and O–H groups in total. The van der Waals surface area contributed by atoms with Crippen LogP contribution < -0.4 is 10.6 Å². The number of aromatic nitrogens is 1. The van der Waals surface area contributed by atoms with Crippen LogP contribution in [0.25, 0.3) is 10.2 Å². The maximum Gasteiger partial charge on any atom is 0.262 e. The summed E-state index contributed by atoms with van der Waals surface area (Å²) in [5.74, 6) is -0.406. The zero-order valence-electron chi connectivity index (χ0n) is 13.5. The van der Waals surface area contributed by atoms with Gasteiger partial charge in [0.15, 0.2) is 0 Å². The molecule has 0 aliphatic rings. The van der Waals surface area contributed by atoms with E-state index in [4.69, 9.17) is 0 Å². The van der Waals surface area contributed by atoms with Crippen molar-refractivity contribution in [2.24, 2.45) is 0 Å². The second-order valence-electron chi connectivity index (χ2n) is 5.41. The summed E-state index contributed by atoms with van der Waals surface area (Å²) in [4.78, 5) is 30.2. The summed E-state index contributed by atoms with van der Waals surface area (Å²) in [5, 5.41) is 6.48. The molecule has 0 radical (unpaired) electrons. The Balaban J connectivity index is 2.31. The summed E-state index contributed by atoms with van der Waals surface area (Å²) < 4.78 is 0. The van der Waals surface area contributed by atoms with Gasteiger partial charge in [0.05, 0.1) is 4.88 Å². The quantitative estimate of drug-likeness (QED) is 0.909. The number of nitrogens with one attached hydrogen (secondary N) is 2. The number of thiophene rings is 1. The molecule has 0 aliphatic heterocycles. The van der Waals surface area contributed by atoms with Crippen LogP contribution in [0.2, 0.25) is 0 Å². The molecule has 118 valence electrons. The van der Waals surface area contributed by atoms with Gasteiger partial charge in [-0.05, 0) is 51.8 Å². The molecule has 22 heavy (non-hydrogen) atoms. The number of pyridine rings is 1. The standard InChI is InChI=1S/C16H21N3O2S/c1-6-17-14(20)11(5)19-15(21)13-10(4)12-8(2)7-9(3)18-16(12)22-13/h7,11H,6H2,1-5H3,(H,17,20)(H,19,21). The van der Waals surface area contributed by atoms with Crippen molar-refractivity contribution in [2.45, 2.75) is 40.7 Å². The number of amides is 2. The van der Waals surface area contributed by atoms with E-state index in [-0.39, 0.29) is 11.8 Å². The van der Waals surface area contributed by atoms with Crippen molar-refractivity contribution in [3.8, 4) is 0 Å². The fourth-order valence-corrected chi connectivity index (χ4v) is 3.70. The van der Waals surface area contributed by atoms with E-state index in [9.17, 15) is 9.59 Å². The second-order valence-corrected chi connectivity index (χ2v) is 6.41. The molecule has 1 unspecified atom stereocenters. The summed E-state index contributed by atoms with van der Waals surface area (Å²) in [7, 11) is 0. The first-order chi connectivity index (χ1) is 10.3. The van der Waals surface area contributed by atoms with Crippen LogP contribution in [-0.2, 0) is 4.79 Å². The van der Waals surface area contributed by atoms with Gasteiger partial charge < -0.3 is 10.6 Å². The summed E-state index contributed by atoms with van der Waals surface area (Å²) in [6.07, 6.45) is 0. The van der Waals surface area contributed by atoms with Crippen molar-refractivity contribution >= 4 is 33.4 Å². The minimum Gasteiger partial charge on any atom is -0.355 e. The maximum atomic E-state index is 12.4. The molecule has 0 spiro atoms. The molecular weight excluding hydrogens is 298 g/mol. The third-order valence-corrected chi connectivity index (χ3v) is 4.71. The van der Waals surface area contributed by atoms with E-state index >= 15 is 0 Å². The molecule has 2 rings (SSSR count). The molecule has 0 saturated heterocycles. The van der Waals surface area contributed by atoms with Crippen molar-refractivity contribution in [3.05, 3.63) is 27.8 Å². The number of carbonyl (C=O) groups excluding carboxylic acids is 2. The second kappa shape index (κ2) is 6.44. The maximum absolute atomic E-state index is 12.4.